The van der Waals surface area contributed by atoms with Gasteiger partial charge >= 0.3 is 0 Å². The number of nitrogens with two attached hydrogens (primary N) is 1. The van der Waals surface area contributed by atoms with E-state index in [0.717, 1.165) is 10.0 Å². The number of aliphatic hydroxyl groups is 1. The van der Waals surface area contributed by atoms with Crippen molar-refractivity contribution in [1.29, 1.82) is 0 Å². The Hall–Kier alpha value is -0.420. The lowest BCUT2D eigenvalue weighted by Crippen LogP contribution is -2.60. The summed E-state index contributed by atoms with van der Waals surface area (Å²) in [6.45, 7) is 1.16. The Kier molecular flexibility index (Phi) is 3.11. The zero-order valence-electron chi connectivity index (χ0n) is 8.32. The molecule has 1 atom stereocenters. The van der Waals surface area contributed by atoms with Gasteiger partial charge in [-0.25, -0.2) is 0 Å². The maximum atomic E-state index is 9.17. The van der Waals surface area contributed by atoms with Gasteiger partial charge < -0.3 is 15.6 Å². The summed E-state index contributed by atoms with van der Waals surface area (Å²) in [5.41, 5.74) is 6.87. The molecular formula is C11H14BrNO2. The van der Waals surface area contributed by atoms with Gasteiger partial charge in [0.1, 0.15) is 0 Å². The highest BCUT2D eigenvalue weighted by molar-refractivity contribution is 9.10. The molecule has 0 amide bonds. The summed E-state index contributed by atoms with van der Waals surface area (Å²) in [7, 11) is 0. The SMILES string of the molecule is NC(CO)C1(c2cccc(Br)c2)COC1. The minimum atomic E-state index is -0.263. The second kappa shape index (κ2) is 4.22. The quantitative estimate of drug-likeness (QED) is 0.864. The first-order chi connectivity index (χ1) is 7.19. The van der Waals surface area contributed by atoms with E-state index in [4.69, 9.17) is 10.5 Å². The van der Waals surface area contributed by atoms with Crippen LogP contribution < -0.4 is 5.73 Å². The van der Waals surface area contributed by atoms with Crippen LogP contribution in [0.15, 0.2) is 28.7 Å². The highest BCUT2D eigenvalue weighted by atomic mass is 79.9. The minimum absolute atomic E-state index is 0.0180. The lowest BCUT2D eigenvalue weighted by molar-refractivity contribution is -0.0798. The third-order valence-electron chi connectivity index (χ3n) is 3.03. The molecule has 0 aromatic heterocycles. The van der Waals surface area contributed by atoms with Crippen molar-refractivity contribution in [3.63, 3.8) is 0 Å². The Morgan fingerprint density at radius 1 is 1.53 bits per heavy atom. The van der Waals surface area contributed by atoms with E-state index in [1.54, 1.807) is 0 Å². The number of ether oxygens (including phenoxy) is 1. The van der Waals surface area contributed by atoms with Gasteiger partial charge in [0, 0.05) is 10.5 Å². The van der Waals surface area contributed by atoms with Crippen molar-refractivity contribution in [2.75, 3.05) is 19.8 Å². The largest absolute Gasteiger partial charge is 0.395 e. The summed E-state index contributed by atoms with van der Waals surface area (Å²) < 4.78 is 6.27. The van der Waals surface area contributed by atoms with Crippen LogP contribution in [0.5, 0.6) is 0 Å². The molecule has 0 bridgehead atoms. The van der Waals surface area contributed by atoms with Gasteiger partial charge in [-0.05, 0) is 17.7 Å². The fraction of sp³-hybridized carbons (Fsp3) is 0.455. The molecule has 1 aromatic rings. The van der Waals surface area contributed by atoms with Crippen LogP contribution in [0.2, 0.25) is 0 Å². The molecule has 1 aliphatic heterocycles. The number of benzene rings is 1. The maximum Gasteiger partial charge on any atom is 0.0601 e. The summed E-state index contributed by atoms with van der Waals surface area (Å²) in [5, 5.41) is 9.17. The molecule has 0 radical (unpaired) electrons. The van der Waals surface area contributed by atoms with Gasteiger partial charge in [0.25, 0.3) is 0 Å². The van der Waals surface area contributed by atoms with Crippen LogP contribution in [0, 0.1) is 0 Å². The number of hydrogen-bond donors (Lipinski definition) is 2. The molecule has 4 heteroatoms. The van der Waals surface area contributed by atoms with Crippen LogP contribution in [0.25, 0.3) is 0 Å². The zero-order valence-corrected chi connectivity index (χ0v) is 9.90. The molecule has 1 fully saturated rings. The van der Waals surface area contributed by atoms with Crippen molar-refractivity contribution < 1.29 is 9.84 Å². The second-order valence-electron chi connectivity index (χ2n) is 3.95. The average molecular weight is 272 g/mol. The molecule has 3 N–H and O–H groups in total. The topological polar surface area (TPSA) is 55.5 Å². The molecule has 2 rings (SSSR count). The second-order valence-corrected chi connectivity index (χ2v) is 4.86. The van der Waals surface area contributed by atoms with Gasteiger partial charge in [-0.2, -0.15) is 0 Å². The fourth-order valence-corrected chi connectivity index (χ4v) is 2.29. The summed E-state index contributed by atoms with van der Waals surface area (Å²) in [6.07, 6.45) is 0. The third kappa shape index (κ3) is 1.83. The molecule has 0 saturated carbocycles. The van der Waals surface area contributed by atoms with E-state index in [0.29, 0.717) is 13.2 Å². The van der Waals surface area contributed by atoms with E-state index in [2.05, 4.69) is 15.9 Å². The fourth-order valence-electron chi connectivity index (χ4n) is 1.89. The van der Waals surface area contributed by atoms with Gasteiger partial charge in [0.2, 0.25) is 0 Å². The molecular weight excluding hydrogens is 258 g/mol. The molecule has 0 spiro atoms. The molecule has 3 nitrogen and oxygen atoms in total. The normalized spacial score (nSPS) is 20.7. The van der Waals surface area contributed by atoms with E-state index in [9.17, 15) is 5.11 Å². The summed E-state index contributed by atoms with van der Waals surface area (Å²) >= 11 is 3.43. The summed E-state index contributed by atoms with van der Waals surface area (Å²) in [6, 6.07) is 7.76. The Labute approximate surface area is 97.4 Å². The highest BCUT2D eigenvalue weighted by Crippen LogP contribution is 2.35. The van der Waals surface area contributed by atoms with Crippen LogP contribution >= 0.6 is 15.9 Å². The van der Waals surface area contributed by atoms with E-state index < -0.39 is 0 Å². The van der Waals surface area contributed by atoms with E-state index in [-0.39, 0.29) is 18.1 Å². The predicted octanol–water partition coefficient (Wildman–Crippen LogP) is 1.04. The number of aliphatic hydroxyl groups excluding tert-OH is 1. The number of hydrogen-bond acceptors (Lipinski definition) is 3. The lowest BCUT2D eigenvalue weighted by Gasteiger charge is -2.45. The molecule has 1 aromatic carbocycles. The van der Waals surface area contributed by atoms with Crippen molar-refractivity contribution in [2.24, 2.45) is 5.73 Å². The molecule has 82 valence electrons. The van der Waals surface area contributed by atoms with Gasteiger partial charge in [-0.3, -0.25) is 0 Å². The molecule has 1 heterocycles. The molecule has 1 saturated heterocycles. The average Bonchev–Trinajstić information content (AvgIpc) is 2.16. The van der Waals surface area contributed by atoms with Crippen LogP contribution in [0.4, 0.5) is 0 Å². The van der Waals surface area contributed by atoms with Crippen molar-refractivity contribution in [2.45, 2.75) is 11.5 Å². The van der Waals surface area contributed by atoms with Gasteiger partial charge in [0.05, 0.1) is 25.2 Å². The van der Waals surface area contributed by atoms with Gasteiger partial charge in [-0.1, -0.05) is 28.1 Å². The first kappa shape index (κ1) is 11.1. The van der Waals surface area contributed by atoms with Gasteiger partial charge in [-0.15, -0.1) is 0 Å². The maximum absolute atomic E-state index is 9.17. The summed E-state index contributed by atoms with van der Waals surface area (Å²) in [5.74, 6) is 0. The summed E-state index contributed by atoms with van der Waals surface area (Å²) in [4.78, 5) is 0. The predicted molar refractivity (Wildman–Crippen MR) is 61.7 cm³/mol. The molecule has 0 aliphatic carbocycles. The van der Waals surface area contributed by atoms with E-state index >= 15 is 0 Å². The monoisotopic (exact) mass is 271 g/mol. The lowest BCUT2D eigenvalue weighted by atomic mass is 9.73. The van der Waals surface area contributed by atoms with Crippen LogP contribution in [0.3, 0.4) is 0 Å². The van der Waals surface area contributed by atoms with Crippen LogP contribution in [0.1, 0.15) is 5.56 Å². The number of rotatable bonds is 3. The molecule has 15 heavy (non-hydrogen) atoms. The van der Waals surface area contributed by atoms with Gasteiger partial charge in [0.15, 0.2) is 0 Å². The van der Waals surface area contributed by atoms with Crippen molar-refractivity contribution in [1.82, 2.24) is 0 Å². The smallest absolute Gasteiger partial charge is 0.0601 e. The highest BCUT2D eigenvalue weighted by Gasteiger charge is 2.45. The first-order valence-corrected chi connectivity index (χ1v) is 5.68. The first-order valence-electron chi connectivity index (χ1n) is 4.89. The molecule has 1 aliphatic rings. The minimum Gasteiger partial charge on any atom is -0.395 e. The van der Waals surface area contributed by atoms with Crippen molar-refractivity contribution in [3.8, 4) is 0 Å². The zero-order chi connectivity index (χ0) is 10.9. The Morgan fingerprint density at radius 3 is 2.73 bits per heavy atom. The Morgan fingerprint density at radius 2 is 2.27 bits per heavy atom. The number of halogens is 1. The van der Waals surface area contributed by atoms with Crippen LogP contribution in [-0.4, -0.2) is 31.0 Å². The van der Waals surface area contributed by atoms with E-state index in [1.165, 1.54) is 0 Å². The Balaban J connectivity index is 2.34. The van der Waals surface area contributed by atoms with E-state index in [1.807, 2.05) is 24.3 Å². The van der Waals surface area contributed by atoms with Crippen molar-refractivity contribution >= 4 is 15.9 Å². The van der Waals surface area contributed by atoms with Crippen molar-refractivity contribution in [3.05, 3.63) is 34.3 Å². The van der Waals surface area contributed by atoms with Crippen LogP contribution in [-0.2, 0) is 10.2 Å². The molecule has 1 unspecified atom stereocenters. The Bertz CT molecular complexity index is 352. The third-order valence-corrected chi connectivity index (χ3v) is 3.52. The standard InChI is InChI=1S/C11H14BrNO2/c12-9-3-1-2-8(4-9)11(6-15-7-11)10(13)5-14/h1-4,10,14H,5-7,13H2.